The first-order valence-electron chi connectivity index (χ1n) is 11.9. The van der Waals surface area contributed by atoms with Gasteiger partial charge in [-0.25, -0.2) is 13.4 Å². The summed E-state index contributed by atoms with van der Waals surface area (Å²) in [5.74, 6) is 0.200. The van der Waals surface area contributed by atoms with E-state index in [4.69, 9.17) is 4.42 Å². The molecule has 36 heavy (non-hydrogen) atoms. The summed E-state index contributed by atoms with van der Waals surface area (Å²) in [6, 6.07) is 8.05. The molecule has 1 aromatic carbocycles. The van der Waals surface area contributed by atoms with Crippen molar-refractivity contribution in [3.63, 3.8) is 0 Å². The fraction of sp³-hybridized carbons (Fsp3) is 0.400. The minimum absolute atomic E-state index is 0.0459. The molecule has 2 N–H and O–H groups in total. The van der Waals surface area contributed by atoms with Crippen molar-refractivity contribution < 1.29 is 17.6 Å². The number of nitrogens with zero attached hydrogens (tertiary/aromatic N) is 4. The Labute approximate surface area is 209 Å². The molecule has 11 heteroatoms. The van der Waals surface area contributed by atoms with Crippen molar-refractivity contribution in [2.75, 3.05) is 37.3 Å². The maximum atomic E-state index is 12.6. The van der Waals surface area contributed by atoms with Crippen LogP contribution in [0.4, 0.5) is 5.69 Å². The number of carbonyl (C=O) groups is 1. The van der Waals surface area contributed by atoms with Gasteiger partial charge in [0.1, 0.15) is 12.3 Å². The van der Waals surface area contributed by atoms with Crippen molar-refractivity contribution >= 4 is 38.1 Å². The number of oxazole rings is 1. The second-order valence-electron chi connectivity index (χ2n) is 9.33. The number of hydrogen-bond acceptors (Lipinski definition) is 7. The van der Waals surface area contributed by atoms with E-state index in [0.717, 1.165) is 47.2 Å². The van der Waals surface area contributed by atoms with E-state index in [1.165, 1.54) is 16.8 Å². The van der Waals surface area contributed by atoms with E-state index < -0.39 is 10.0 Å². The highest BCUT2D eigenvalue weighted by Crippen LogP contribution is 2.35. The van der Waals surface area contributed by atoms with Gasteiger partial charge in [-0.3, -0.25) is 4.79 Å². The third kappa shape index (κ3) is 4.74. The molecule has 0 saturated carbocycles. The van der Waals surface area contributed by atoms with Gasteiger partial charge in [-0.1, -0.05) is 6.08 Å². The van der Waals surface area contributed by atoms with Gasteiger partial charge in [-0.2, -0.15) is 9.57 Å². The number of nitriles is 1. The summed E-state index contributed by atoms with van der Waals surface area (Å²) in [5.41, 5.74) is 4.52. The summed E-state index contributed by atoms with van der Waals surface area (Å²) in [6.45, 7) is 3.93. The Morgan fingerprint density at radius 1 is 1.33 bits per heavy atom. The number of rotatable bonds is 5. The lowest BCUT2D eigenvalue weighted by Crippen LogP contribution is -2.48. The number of aromatic nitrogens is 2. The van der Waals surface area contributed by atoms with Crippen LogP contribution in [0.2, 0.25) is 0 Å². The van der Waals surface area contributed by atoms with Crippen LogP contribution in [0, 0.1) is 18.3 Å². The van der Waals surface area contributed by atoms with E-state index in [9.17, 15) is 18.5 Å². The largest absolute Gasteiger partial charge is 0.448 e. The number of aromatic amines is 1. The molecular weight excluding hydrogens is 480 g/mol. The number of anilines is 1. The molecule has 3 aromatic rings. The van der Waals surface area contributed by atoms with E-state index in [-0.39, 0.29) is 17.6 Å². The predicted octanol–water partition coefficient (Wildman–Crippen LogP) is 2.78. The number of amides is 1. The molecule has 4 heterocycles. The lowest BCUT2D eigenvalue weighted by Gasteiger charge is -2.35. The molecule has 0 bridgehead atoms. The molecule has 188 valence electrons. The lowest BCUT2D eigenvalue weighted by molar-refractivity contribution is 0.0928. The standard InChI is InChI=1S/C25H28N6O4S/c1-16-27-22(15-35-16)25(32)28-19-4-3-9-30(14-19)23-6-5-18(13-26)24-20(23)12-21(29-24)17-7-10-31(11-8-17)36(2,33)34/h5-7,12,15,19,29H,3-4,8-11,14H2,1-2H3,(H,28,32)/t19-/m1/s1. The van der Waals surface area contributed by atoms with Crippen LogP contribution in [-0.2, 0) is 10.0 Å². The van der Waals surface area contributed by atoms with Crippen molar-refractivity contribution in [1.82, 2.24) is 19.6 Å². The van der Waals surface area contributed by atoms with Crippen molar-refractivity contribution in [2.45, 2.75) is 32.2 Å². The average molecular weight is 509 g/mol. The van der Waals surface area contributed by atoms with Gasteiger partial charge in [-0.05, 0) is 43.0 Å². The van der Waals surface area contributed by atoms with Crippen LogP contribution >= 0.6 is 0 Å². The summed E-state index contributed by atoms with van der Waals surface area (Å²) in [4.78, 5) is 22.3. The van der Waals surface area contributed by atoms with Gasteiger partial charge in [0.15, 0.2) is 11.6 Å². The van der Waals surface area contributed by atoms with Crippen LogP contribution in [-0.4, -0.2) is 67.1 Å². The normalized spacial score (nSPS) is 19.2. The number of benzene rings is 1. The topological polar surface area (TPSA) is 135 Å². The summed E-state index contributed by atoms with van der Waals surface area (Å²) in [7, 11) is -3.23. The smallest absolute Gasteiger partial charge is 0.273 e. The molecule has 10 nitrogen and oxygen atoms in total. The Kier molecular flexibility index (Phi) is 6.32. The molecule has 2 aliphatic rings. The van der Waals surface area contributed by atoms with Crippen LogP contribution in [0.3, 0.4) is 0 Å². The maximum Gasteiger partial charge on any atom is 0.273 e. The van der Waals surface area contributed by atoms with Crippen molar-refractivity contribution in [3.8, 4) is 6.07 Å². The molecule has 1 amide bonds. The van der Waals surface area contributed by atoms with Gasteiger partial charge in [-0.15, -0.1) is 0 Å². The minimum atomic E-state index is -3.23. The number of piperidine rings is 1. The van der Waals surface area contributed by atoms with Crippen molar-refractivity contribution in [1.29, 1.82) is 5.26 Å². The van der Waals surface area contributed by atoms with E-state index in [2.05, 4.69) is 26.3 Å². The van der Waals surface area contributed by atoms with E-state index in [1.807, 2.05) is 24.3 Å². The second-order valence-corrected chi connectivity index (χ2v) is 11.3. The molecule has 2 aromatic heterocycles. The van der Waals surface area contributed by atoms with Gasteiger partial charge in [0.05, 0.1) is 17.3 Å². The van der Waals surface area contributed by atoms with E-state index in [1.54, 1.807) is 6.92 Å². The zero-order valence-electron chi connectivity index (χ0n) is 20.2. The molecule has 0 radical (unpaired) electrons. The van der Waals surface area contributed by atoms with E-state index >= 15 is 0 Å². The first kappa shape index (κ1) is 24.1. The molecule has 1 fully saturated rings. The molecule has 1 atom stereocenters. The molecule has 2 aliphatic heterocycles. The van der Waals surface area contributed by atoms with Crippen LogP contribution < -0.4 is 10.2 Å². The molecule has 0 aliphatic carbocycles. The van der Waals surface area contributed by atoms with Crippen LogP contribution in [0.25, 0.3) is 16.5 Å². The Hall–Kier alpha value is -3.62. The quantitative estimate of drug-likeness (QED) is 0.541. The Balaban J connectivity index is 1.40. The number of fused-ring (bicyclic) bond motifs is 1. The Morgan fingerprint density at radius 2 is 2.17 bits per heavy atom. The van der Waals surface area contributed by atoms with Gasteiger partial charge in [0.25, 0.3) is 5.91 Å². The monoisotopic (exact) mass is 508 g/mol. The Bertz CT molecular complexity index is 1500. The predicted molar refractivity (Wildman–Crippen MR) is 136 cm³/mol. The summed E-state index contributed by atoms with van der Waals surface area (Å²) >= 11 is 0. The zero-order valence-corrected chi connectivity index (χ0v) is 21.1. The van der Waals surface area contributed by atoms with Crippen LogP contribution in [0.15, 0.2) is 35.0 Å². The number of sulfonamides is 1. The molecule has 5 rings (SSSR count). The molecular formula is C25H28N6O4S. The first-order valence-corrected chi connectivity index (χ1v) is 13.8. The Morgan fingerprint density at radius 3 is 2.83 bits per heavy atom. The summed E-state index contributed by atoms with van der Waals surface area (Å²) < 4.78 is 30.3. The fourth-order valence-corrected chi connectivity index (χ4v) is 5.75. The highest BCUT2D eigenvalue weighted by atomic mass is 32.2. The third-order valence-electron chi connectivity index (χ3n) is 6.83. The molecule has 1 saturated heterocycles. The molecule has 0 spiro atoms. The maximum absolute atomic E-state index is 12.6. The highest BCUT2D eigenvalue weighted by molar-refractivity contribution is 7.88. The first-order chi connectivity index (χ1) is 17.2. The van der Waals surface area contributed by atoms with Crippen molar-refractivity contribution in [3.05, 3.63) is 53.4 Å². The summed E-state index contributed by atoms with van der Waals surface area (Å²) in [6.07, 6.45) is 6.89. The lowest BCUT2D eigenvalue weighted by atomic mass is 10.0. The number of carbonyl (C=O) groups excluding carboxylic acids is 1. The van der Waals surface area contributed by atoms with Gasteiger partial charge in [0, 0.05) is 55.9 Å². The minimum Gasteiger partial charge on any atom is -0.448 e. The van der Waals surface area contributed by atoms with Crippen LogP contribution in [0.1, 0.15) is 46.9 Å². The van der Waals surface area contributed by atoms with Gasteiger partial charge >= 0.3 is 0 Å². The van der Waals surface area contributed by atoms with Gasteiger partial charge in [0.2, 0.25) is 10.0 Å². The molecule has 0 unspecified atom stereocenters. The SMILES string of the molecule is Cc1nc(C(=O)N[C@@H]2CCCN(c3ccc(C#N)c4[nH]c(C5=CCN(S(C)(=O)=O)CC5)cc34)C2)co1. The second kappa shape index (κ2) is 9.44. The van der Waals surface area contributed by atoms with Gasteiger partial charge < -0.3 is 19.6 Å². The fourth-order valence-electron chi connectivity index (χ4n) is 4.98. The summed E-state index contributed by atoms with van der Waals surface area (Å²) in [5, 5.41) is 13.7. The van der Waals surface area contributed by atoms with Crippen LogP contribution in [0.5, 0.6) is 0 Å². The number of hydrogen-bond donors (Lipinski definition) is 2. The number of nitrogens with one attached hydrogen (secondary N) is 2. The average Bonchev–Trinajstić information content (AvgIpc) is 3.50. The highest BCUT2D eigenvalue weighted by Gasteiger charge is 2.26. The number of aryl methyl sites for hydroxylation is 1. The zero-order chi connectivity index (χ0) is 25.4. The van der Waals surface area contributed by atoms with E-state index in [0.29, 0.717) is 37.5 Å². The number of H-pyrrole nitrogens is 1. The van der Waals surface area contributed by atoms with Crippen molar-refractivity contribution in [2.24, 2.45) is 0 Å². The third-order valence-corrected chi connectivity index (χ3v) is 8.10.